The Hall–Kier alpha value is -1.37. The first-order valence-corrected chi connectivity index (χ1v) is 7.06. The molecule has 3 rings (SSSR count). The zero-order valence-corrected chi connectivity index (χ0v) is 11.2. The number of hydrogen-bond acceptors (Lipinski definition) is 3. The molecule has 2 fully saturated rings. The summed E-state index contributed by atoms with van der Waals surface area (Å²) >= 11 is 0. The van der Waals surface area contributed by atoms with E-state index in [-0.39, 0.29) is 11.3 Å². The molecule has 100 valence electrons. The Morgan fingerprint density at radius 2 is 2.00 bits per heavy atom. The smallest absolute Gasteiger partial charge is 0.0675 e. The summed E-state index contributed by atoms with van der Waals surface area (Å²) in [5, 5.41) is 9.45. The number of ether oxygens (including phenoxy) is 1. The first-order chi connectivity index (χ1) is 9.32. The van der Waals surface area contributed by atoms with Gasteiger partial charge in [-0.25, -0.2) is 0 Å². The minimum Gasteiger partial charge on any atom is -0.381 e. The van der Waals surface area contributed by atoms with E-state index in [2.05, 4.69) is 35.2 Å². The molecular formula is C16H20N2O. The SMILES string of the molecule is N#CC1CN(Cc2ccccc2)CC12CCOCC2. The molecule has 3 nitrogen and oxygen atoms in total. The van der Waals surface area contributed by atoms with Crippen LogP contribution < -0.4 is 0 Å². The average molecular weight is 256 g/mol. The molecule has 3 heteroatoms. The highest BCUT2D eigenvalue weighted by Gasteiger charge is 2.47. The van der Waals surface area contributed by atoms with E-state index in [0.717, 1.165) is 45.7 Å². The molecule has 1 spiro atoms. The van der Waals surface area contributed by atoms with E-state index >= 15 is 0 Å². The van der Waals surface area contributed by atoms with Gasteiger partial charge in [-0.1, -0.05) is 30.3 Å². The molecule has 19 heavy (non-hydrogen) atoms. The summed E-state index contributed by atoms with van der Waals surface area (Å²) in [7, 11) is 0. The lowest BCUT2D eigenvalue weighted by atomic mass is 9.73. The molecule has 1 aromatic rings. The van der Waals surface area contributed by atoms with Crippen molar-refractivity contribution in [3.8, 4) is 6.07 Å². The Balaban J connectivity index is 1.71. The Morgan fingerprint density at radius 3 is 2.68 bits per heavy atom. The van der Waals surface area contributed by atoms with Crippen molar-refractivity contribution in [1.82, 2.24) is 4.90 Å². The Bertz CT molecular complexity index is 459. The van der Waals surface area contributed by atoms with Crippen LogP contribution in [0.3, 0.4) is 0 Å². The van der Waals surface area contributed by atoms with Crippen LogP contribution in [-0.2, 0) is 11.3 Å². The molecule has 0 radical (unpaired) electrons. The molecular weight excluding hydrogens is 236 g/mol. The molecule has 1 unspecified atom stereocenters. The van der Waals surface area contributed by atoms with Crippen LogP contribution in [0.25, 0.3) is 0 Å². The third-order valence-corrected chi connectivity index (χ3v) is 4.61. The number of benzene rings is 1. The van der Waals surface area contributed by atoms with Gasteiger partial charge >= 0.3 is 0 Å². The number of hydrogen-bond donors (Lipinski definition) is 0. The lowest BCUT2D eigenvalue weighted by molar-refractivity contribution is 0.00838. The number of nitriles is 1. The predicted molar refractivity (Wildman–Crippen MR) is 73.3 cm³/mol. The summed E-state index contributed by atoms with van der Waals surface area (Å²) in [4.78, 5) is 2.44. The van der Waals surface area contributed by atoms with Gasteiger partial charge in [0, 0.05) is 38.3 Å². The molecule has 2 aliphatic heterocycles. The van der Waals surface area contributed by atoms with E-state index < -0.39 is 0 Å². The van der Waals surface area contributed by atoms with Gasteiger partial charge in [0.1, 0.15) is 0 Å². The topological polar surface area (TPSA) is 36.3 Å². The highest BCUT2D eigenvalue weighted by Crippen LogP contribution is 2.44. The van der Waals surface area contributed by atoms with Gasteiger partial charge < -0.3 is 4.74 Å². The first kappa shape index (κ1) is 12.7. The fourth-order valence-corrected chi connectivity index (χ4v) is 3.50. The molecule has 2 saturated heterocycles. The third-order valence-electron chi connectivity index (χ3n) is 4.61. The zero-order valence-electron chi connectivity index (χ0n) is 11.2. The summed E-state index contributed by atoms with van der Waals surface area (Å²) in [6.45, 7) is 4.55. The largest absolute Gasteiger partial charge is 0.381 e. The van der Waals surface area contributed by atoms with Gasteiger partial charge in [0.25, 0.3) is 0 Å². The Kier molecular flexibility index (Phi) is 3.54. The molecule has 2 heterocycles. The standard InChI is InChI=1S/C16H20N2O/c17-10-15-12-18(11-14-4-2-1-3-5-14)13-16(15)6-8-19-9-7-16/h1-5,15H,6-9,11-13H2. The highest BCUT2D eigenvalue weighted by atomic mass is 16.5. The van der Waals surface area contributed by atoms with E-state index in [1.807, 2.05) is 6.07 Å². The Morgan fingerprint density at radius 1 is 1.26 bits per heavy atom. The van der Waals surface area contributed by atoms with Crippen LogP contribution in [0.15, 0.2) is 30.3 Å². The number of likely N-dealkylation sites (tertiary alicyclic amines) is 1. The van der Waals surface area contributed by atoms with Gasteiger partial charge in [-0.15, -0.1) is 0 Å². The van der Waals surface area contributed by atoms with E-state index in [4.69, 9.17) is 4.74 Å². The van der Waals surface area contributed by atoms with Crippen LogP contribution in [0, 0.1) is 22.7 Å². The van der Waals surface area contributed by atoms with E-state index in [0.29, 0.717) is 0 Å². The van der Waals surface area contributed by atoms with Crippen molar-refractivity contribution < 1.29 is 4.74 Å². The van der Waals surface area contributed by atoms with Gasteiger partial charge in [-0.2, -0.15) is 5.26 Å². The predicted octanol–water partition coefficient (Wildman–Crippen LogP) is 2.44. The third kappa shape index (κ3) is 2.51. The maximum absolute atomic E-state index is 9.45. The van der Waals surface area contributed by atoms with Gasteiger partial charge in [0.2, 0.25) is 0 Å². The molecule has 0 aromatic heterocycles. The lowest BCUT2D eigenvalue weighted by Crippen LogP contribution is -2.36. The van der Waals surface area contributed by atoms with Gasteiger partial charge in [-0.05, 0) is 18.4 Å². The summed E-state index contributed by atoms with van der Waals surface area (Å²) in [5.74, 6) is 0.167. The quantitative estimate of drug-likeness (QED) is 0.815. The fraction of sp³-hybridized carbons (Fsp3) is 0.562. The van der Waals surface area contributed by atoms with Crippen molar-refractivity contribution in [2.24, 2.45) is 11.3 Å². The molecule has 0 N–H and O–H groups in total. The average Bonchev–Trinajstić information content (AvgIpc) is 2.78. The maximum atomic E-state index is 9.45. The lowest BCUT2D eigenvalue weighted by Gasteiger charge is -2.35. The van der Waals surface area contributed by atoms with Crippen LogP contribution >= 0.6 is 0 Å². The molecule has 0 saturated carbocycles. The minimum atomic E-state index is 0.167. The van der Waals surface area contributed by atoms with Crippen molar-refractivity contribution in [1.29, 1.82) is 5.26 Å². The summed E-state index contributed by atoms with van der Waals surface area (Å²) in [6.07, 6.45) is 2.08. The normalized spacial score (nSPS) is 26.4. The second-order valence-electron chi connectivity index (χ2n) is 5.81. The minimum absolute atomic E-state index is 0.167. The van der Waals surface area contributed by atoms with Gasteiger partial charge in [0.05, 0.1) is 12.0 Å². The molecule has 0 aliphatic carbocycles. The molecule has 0 bridgehead atoms. The van der Waals surface area contributed by atoms with Gasteiger partial charge in [0.15, 0.2) is 0 Å². The zero-order chi connectivity index (χ0) is 13.1. The fourth-order valence-electron chi connectivity index (χ4n) is 3.50. The van der Waals surface area contributed by atoms with E-state index in [1.54, 1.807) is 0 Å². The van der Waals surface area contributed by atoms with Crippen LogP contribution in [0.4, 0.5) is 0 Å². The summed E-state index contributed by atoms with van der Waals surface area (Å²) in [6, 6.07) is 13.1. The summed E-state index contributed by atoms with van der Waals surface area (Å²) < 4.78 is 5.47. The molecule has 1 aromatic carbocycles. The van der Waals surface area contributed by atoms with E-state index in [1.165, 1.54) is 5.56 Å². The summed E-state index contributed by atoms with van der Waals surface area (Å²) in [5.41, 5.74) is 1.52. The molecule has 1 atom stereocenters. The number of nitrogens with zero attached hydrogens (tertiary/aromatic N) is 2. The maximum Gasteiger partial charge on any atom is 0.0675 e. The van der Waals surface area contributed by atoms with Crippen molar-refractivity contribution in [3.05, 3.63) is 35.9 Å². The van der Waals surface area contributed by atoms with Crippen LogP contribution in [0.5, 0.6) is 0 Å². The van der Waals surface area contributed by atoms with Crippen molar-refractivity contribution in [2.75, 3.05) is 26.3 Å². The van der Waals surface area contributed by atoms with Crippen molar-refractivity contribution >= 4 is 0 Å². The van der Waals surface area contributed by atoms with Crippen molar-refractivity contribution in [3.63, 3.8) is 0 Å². The molecule has 0 amide bonds. The second-order valence-corrected chi connectivity index (χ2v) is 5.81. The Labute approximate surface area is 114 Å². The van der Waals surface area contributed by atoms with Crippen molar-refractivity contribution in [2.45, 2.75) is 19.4 Å². The van der Waals surface area contributed by atoms with Crippen LogP contribution in [0.1, 0.15) is 18.4 Å². The van der Waals surface area contributed by atoms with E-state index in [9.17, 15) is 5.26 Å². The van der Waals surface area contributed by atoms with Crippen LogP contribution in [0.2, 0.25) is 0 Å². The monoisotopic (exact) mass is 256 g/mol. The van der Waals surface area contributed by atoms with Crippen LogP contribution in [-0.4, -0.2) is 31.2 Å². The van der Waals surface area contributed by atoms with Gasteiger partial charge in [-0.3, -0.25) is 4.90 Å². The highest BCUT2D eigenvalue weighted by molar-refractivity contribution is 5.16. The first-order valence-electron chi connectivity index (χ1n) is 7.06. The number of rotatable bonds is 2. The second kappa shape index (κ2) is 5.32. The molecule has 2 aliphatic rings.